The average molecular weight is 441 g/mol. The summed E-state index contributed by atoms with van der Waals surface area (Å²) in [6.07, 6.45) is 6.96. The molecule has 1 atom stereocenters. The van der Waals surface area contributed by atoms with Crippen LogP contribution < -0.4 is 17.2 Å². The predicted molar refractivity (Wildman–Crippen MR) is 109 cm³/mol. The van der Waals surface area contributed by atoms with Gasteiger partial charge in [0.05, 0.1) is 10.8 Å². The number of piperidine rings is 1. The maximum absolute atomic E-state index is 12.3. The van der Waals surface area contributed by atoms with Crippen molar-refractivity contribution < 1.29 is 9.53 Å². The zero-order valence-electron chi connectivity index (χ0n) is 16.1. The molecule has 2 heterocycles. The Kier molecular flexibility index (Phi) is 6.80. The second-order valence-electron chi connectivity index (χ2n) is 7.78. The largest absolute Gasteiger partial charge is 0.444 e. The lowest BCUT2D eigenvalue weighted by atomic mass is 9.98. The van der Waals surface area contributed by atoms with Crippen molar-refractivity contribution in [3.63, 3.8) is 0 Å². The summed E-state index contributed by atoms with van der Waals surface area (Å²) in [7, 11) is 0. The topological polar surface area (TPSA) is 125 Å². The van der Waals surface area contributed by atoms with E-state index in [1.165, 1.54) is 0 Å². The first-order chi connectivity index (χ1) is 12.5. The Morgan fingerprint density at radius 1 is 1.41 bits per heavy atom. The average Bonchev–Trinajstić information content (AvgIpc) is 2.99. The first kappa shape index (κ1) is 21.1. The highest BCUT2D eigenvalue weighted by atomic mass is 79.9. The Labute approximate surface area is 168 Å². The second-order valence-corrected chi connectivity index (χ2v) is 8.70. The van der Waals surface area contributed by atoms with Crippen molar-refractivity contribution >= 4 is 27.6 Å². The van der Waals surface area contributed by atoms with Crippen molar-refractivity contribution in [1.82, 2.24) is 14.7 Å². The lowest BCUT2D eigenvalue weighted by Crippen LogP contribution is -2.43. The summed E-state index contributed by atoms with van der Waals surface area (Å²) in [4.78, 5) is 14.1. The van der Waals surface area contributed by atoms with Crippen LogP contribution in [0.3, 0.4) is 0 Å². The highest BCUT2D eigenvalue weighted by Gasteiger charge is 2.28. The van der Waals surface area contributed by atoms with Gasteiger partial charge in [0.2, 0.25) is 0 Å². The molecule has 6 N–H and O–H groups in total. The summed E-state index contributed by atoms with van der Waals surface area (Å²) < 4.78 is 7.76. The molecule has 1 saturated heterocycles. The van der Waals surface area contributed by atoms with Crippen LogP contribution in [0.5, 0.6) is 0 Å². The number of ether oxygens (including phenoxy) is 1. The molecule has 27 heavy (non-hydrogen) atoms. The third-order valence-electron chi connectivity index (χ3n) is 4.15. The van der Waals surface area contributed by atoms with E-state index in [-0.39, 0.29) is 11.9 Å². The maximum Gasteiger partial charge on any atom is 0.410 e. The van der Waals surface area contributed by atoms with Crippen molar-refractivity contribution in [2.75, 3.05) is 13.1 Å². The van der Waals surface area contributed by atoms with Gasteiger partial charge in [-0.1, -0.05) is 0 Å². The maximum atomic E-state index is 12.3. The second kappa shape index (κ2) is 8.69. The van der Waals surface area contributed by atoms with Crippen LogP contribution in [-0.2, 0) is 11.3 Å². The van der Waals surface area contributed by atoms with Crippen molar-refractivity contribution in [1.29, 1.82) is 0 Å². The highest BCUT2D eigenvalue weighted by molar-refractivity contribution is 9.11. The van der Waals surface area contributed by atoms with Crippen LogP contribution in [0.2, 0.25) is 0 Å². The molecule has 2 rings (SSSR count). The Morgan fingerprint density at radius 3 is 2.70 bits per heavy atom. The van der Waals surface area contributed by atoms with Crippen molar-refractivity contribution in [2.45, 2.75) is 45.8 Å². The van der Waals surface area contributed by atoms with Crippen LogP contribution in [0.25, 0.3) is 5.57 Å². The minimum atomic E-state index is -0.489. The fourth-order valence-corrected chi connectivity index (χ4v) is 3.27. The Balaban J connectivity index is 2.03. The summed E-state index contributed by atoms with van der Waals surface area (Å²) in [6.45, 7) is 7.70. The van der Waals surface area contributed by atoms with Crippen LogP contribution in [0.4, 0.5) is 4.79 Å². The van der Waals surface area contributed by atoms with Crippen LogP contribution >= 0.6 is 15.9 Å². The number of nitrogens with two attached hydrogens (primary N) is 3. The molecule has 0 radical (unpaired) electrons. The molecule has 0 aliphatic carbocycles. The van der Waals surface area contributed by atoms with Crippen LogP contribution in [-0.4, -0.2) is 39.5 Å². The predicted octanol–water partition coefficient (Wildman–Crippen LogP) is 2.31. The van der Waals surface area contributed by atoms with Gasteiger partial charge in [-0.25, -0.2) is 4.79 Å². The molecule has 9 heteroatoms. The number of halogens is 1. The number of hydrogen-bond acceptors (Lipinski definition) is 6. The van der Waals surface area contributed by atoms with Gasteiger partial charge in [-0.3, -0.25) is 4.68 Å². The van der Waals surface area contributed by atoms with Crippen LogP contribution in [0.15, 0.2) is 28.9 Å². The number of allylic oxidation sites excluding steroid dienone is 2. The number of carbonyl (C=O) groups excluding carboxylic acids is 1. The molecule has 1 aliphatic rings. The normalized spacial score (nSPS) is 18.3. The van der Waals surface area contributed by atoms with E-state index in [0.717, 1.165) is 24.9 Å². The van der Waals surface area contributed by atoms with E-state index in [0.29, 0.717) is 29.2 Å². The number of hydrogen-bond donors (Lipinski definition) is 3. The van der Waals surface area contributed by atoms with Gasteiger partial charge in [-0.2, -0.15) is 5.10 Å². The number of aromatic nitrogens is 2. The molecule has 1 unspecified atom stereocenters. The molecule has 1 aliphatic heterocycles. The summed E-state index contributed by atoms with van der Waals surface area (Å²) in [5.41, 5.74) is 18.1. The van der Waals surface area contributed by atoms with Gasteiger partial charge in [0.15, 0.2) is 0 Å². The molecule has 0 bridgehead atoms. The zero-order chi connectivity index (χ0) is 20.2. The first-order valence-corrected chi connectivity index (χ1v) is 9.73. The lowest BCUT2D eigenvalue weighted by molar-refractivity contribution is 0.0155. The Morgan fingerprint density at radius 2 is 2.11 bits per heavy atom. The molecule has 8 nitrogen and oxygen atoms in total. The van der Waals surface area contributed by atoms with Gasteiger partial charge >= 0.3 is 6.09 Å². The standard InChI is InChI=1S/C18H29BrN6O2/c1-18(2,3)27-17(26)24-6-4-5-12(9-24)10-25-11-13(8-23-25)14(16(21)22)7-15(19)20/h7-8,11-12H,4-6,9-10,20-22H2,1-3H3/b15-7-. The molecule has 0 saturated carbocycles. The third kappa shape index (κ3) is 6.50. The number of nitrogens with zero attached hydrogens (tertiary/aromatic N) is 3. The van der Waals surface area contributed by atoms with Gasteiger partial charge in [-0.15, -0.1) is 0 Å². The first-order valence-electron chi connectivity index (χ1n) is 8.94. The minimum absolute atomic E-state index is 0.172. The van der Waals surface area contributed by atoms with Gasteiger partial charge in [-0.05, 0) is 61.5 Å². The fraction of sp³-hybridized carbons (Fsp3) is 0.556. The number of likely N-dealkylation sites (tertiary alicyclic amines) is 1. The fourth-order valence-electron chi connectivity index (χ4n) is 3.04. The molecule has 1 aromatic rings. The van der Waals surface area contributed by atoms with Crippen molar-refractivity contribution in [3.05, 3.63) is 34.5 Å². The van der Waals surface area contributed by atoms with Gasteiger partial charge < -0.3 is 26.8 Å². The molecule has 1 amide bonds. The van der Waals surface area contributed by atoms with Crippen molar-refractivity contribution in [2.24, 2.45) is 23.1 Å². The Hall–Kier alpha value is -2.16. The van der Waals surface area contributed by atoms with E-state index in [1.807, 2.05) is 31.6 Å². The summed E-state index contributed by atoms with van der Waals surface area (Å²) in [5.74, 6) is 0.476. The quantitative estimate of drug-likeness (QED) is 0.486. The van der Waals surface area contributed by atoms with Crippen molar-refractivity contribution in [3.8, 4) is 0 Å². The van der Waals surface area contributed by atoms with E-state index in [9.17, 15) is 4.79 Å². The third-order valence-corrected chi connectivity index (χ3v) is 4.38. The SMILES string of the molecule is CC(C)(C)OC(=O)N1CCCC(Cn2cc(C(/C=C(\N)Br)=C(N)N)cn2)C1. The van der Waals surface area contributed by atoms with Crippen LogP contribution in [0.1, 0.15) is 39.2 Å². The number of carbonyl (C=O) groups is 1. The van der Waals surface area contributed by atoms with Gasteiger partial charge in [0.25, 0.3) is 0 Å². The minimum Gasteiger partial charge on any atom is -0.444 e. The van der Waals surface area contributed by atoms with Crippen LogP contribution in [0, 0.1) is 5.92 Å². The van der Waals surface area contributed by atoms with Gasteiger partial charge in [0.1, 0.15) is 11.4 Å². The van der Waals surface area contributed by atoms with E-state index in [4.69, 9.17) is 21.9 Å². The monoisotopic (exact) mass is 440 g/mol. The molecule has 150 valence electrons. The summed E-state index contributed by atoms with van der Waals surface area (Å²) in [6, 6.07) is 0. The van der Waals surface area contributed by atoms with Gasteiger partial charge in [0, 0.05) is 37.0 Å². The molecular weight excluding hydrogens is 412 g/mol. The Bertz CT molecular complexity index is 726. The zero-order valence-corrected chi connectivity index (χ0v) is 17.7. The smallest absolute Gasteiger partial charge is 0.410 e. The molecule has 0 spiro atoms. The lowest BCUT2D eigenvalue weighted by Gasteiger charge is -2.34. The van der Waals surface area contributed by atoms with E-state index < -0.39 is 5.60 Å². The molecule has 0 aromatic carbocycles. The molecule has 1 aromatic heterocycles. The summed E-state index contributed by atoms with van der Waals surface area (Å²) >= 11 is 3.18. The molecule has 1 fully saturated rings. The van der Waals surface area contributed by atoms with E-state index in [1.54, 1.807) is 17.2 Å². The van der Waals surface area contributed by atoms with E-state index in [2.05, 4.69) is 21.0 Å². The number of rotatable bonds is 4. The summed E-state index contributed by atoms with van der Waals surface area (Å²) in [5, 5.41) is 4.40. The van der Waals surface area contributed by atoms with E-state index >= 15 is 0 Å². The number of amides is 1. The highest BCUT2D eigenvalue weighted by Crippen LogP contribution is 2.22. The molecular formula is C18H29BrN6O2.